The molecule has 0 bridgehead atoms. The van der Waals surface area contributed by atoms with Crippen LogP contribution in [0.4, 0.5) is 0 Å². The number of nitrogens with zero attached hydrogens (tertiary/aromatic N) is 3. The van der Waals surface area contributed by atoms with Gasteiger partial charge in [-0.15, -0.1) is 0 Å². The summed E-state index contributed by atoms with van der Waals surface area (Å²) < 4.78 is 1.83. The number of aryl methyl sites for hydroxylation is 1. The molecule has 1 N–H and O–H groups in total. The molecule has 0 spiro atoms. The highest BCUT2D eigenvalue weighted by molar-refractivity contribution is 8.14. The van der Waals surface area contributed by atoms with Crippen molar-refractivity contribution in [2.24, 2.45) is 12.0 Å². The van der Waals surface area contributed by atoms with Crippen molar-refractivity contribution in [2.45, 2.75) is 18.6 Å². The highest BCUT2D eigenvalue weighted by Crippen LogP contribution is 2.18. The van der Waals surface area contributed by atoms with Crippen LogP contribution in [0.25, 0.3) is 0 Å². The van der Waals surface area contributed by atoms with Gasteiger partial charge in [0, 0.05) is 25.0 Å². The SMILES string of the molecule is CC1CN=C(NCCc2cnn(C)c2)S1. The van der Waals surface area contributed by atoms with Crippen LogP contribution in [0, 0.1) is 0 Å². The molecule has 0 aromatic carbocycles. The molecule has 4 nitrogen and oxygen atoms in total. The Kier molecular flexibility index (Phi) is 3.30. The van der Waals surface area contributed by atoms with Crippen molar-refractivity contribution >= 4 is 16.9 Å². The third-order valence-electron chi connectivity index (χ3n) is 2.25. The van der Waals surface area contributed by atoms with Crippen molar-refractivity contribution in [3.8, 4) is 0 Å². The molecule has 0 radical (unpaired) electrons. The standard InChI is InChI=1S/C10H16N4S/c1-8-5-12-10(15-8)11-4-3-9-6-13-14(2)7-9/h6-8H,3-5H2,1-2H3,(H,11,12). The minimum atomic E-state index is 0.630. The van der Waals surface area contributed by atoms with Gasteiger partial charge in [-0.05, 0) is 12.0 Å². The Hall–Kier alpha value is -0.970. The van der Waals surface area contributed by atoms with Crippen molar-refractivity contribution < 1.29 is 0 Å². The number of amidine groups is 1. The van der Waals surface area contributed by atoms with Crippen LogP contribution in [0.2, 0.25) is 0 Å². The van der Waals surface area contributed by atoms with Gasteiger partial charge in [-0.2, -0.15) is 5.10 Å². The Bertz CT molecular complexity index is 358. The van der Waals surface area contributed by atoms with Crippen LogP contribution < -0.4 is 5.32 Å². The van der Waals surface area contributed by atoms with E-state index in [0.29, 0.717) is 5.25 Å². The molecule has 1 unspecified atom stereocenters. The molecule has 1 aromatic rings. The number of nitrogens with one attached hydrogen (secondary N) is 1. The molecule has 1 aromatic heterocycles. The normalized spacial score (nSPS) is 20.4. The number of hydrogen-bond acceptors (Lipinski definition) is 4. The molecule has 0 saturated carbocycles. The fraction of sp³-hybridized carbons (Fsp3) is 0.600. The Morgan fingerprint density at radius 3 is 3.13 bits per heavy atom. The summed E-state index contributed by atoms with van der Waals surface area (Å²) >= 11 is 1.82. The molecular weight excluding hydrogens is 208 g/mol. The van der Waals surface area contributed by atoms with E-state index < -0.39 is 0 Å². The van der Waals surface area contributed by atoms with Crippen LogP contribution in [-0.2, 0) is 13.5 Å². The van der Waals surface area contributed by atoms with E-state index in [-0.39, 0.29) is 0 Å². The molecule has 1 atom stereocenters. The van der Waals surface area contributed by atoms with Gasteiger partial charge in [0.2, 0.25) is 0 Å². The van der Waals surface area contributed by atoms with Crippen LogP contribution in [0.5, 0.6) is 0 Å². The van der Waals surface area contributed by atoms with Crippen molar-refractivity contribution in [1.29, 1.82) is 0 Å². The Balaban J connectivity index is 1.71. The summed E-state index contributed by atoms with van der Waals surface area (Å²) in [6.07, 6.45) is 4.96. The molecule has 0 amide bonds. The van der Waals surface area contributed by atoms with Gasteiger partial charge in [0.05, 0.1) is 12.7 Å². The lowest BCUT2D eigenvalue weighted by molar-refractivity contribution is 0.766. The van der Waals surface area contributed by atoms with Gasteiger partial charge in [-0.25, -0.2) is 0 Å². The summed E-state index contributed by atoms with van der Waals surface area (Å²) in [5.74, 6) is 0. The fourth-order valence-electron chi connectivity index (χ4n) is 1.49. The maximum Gasteiger partial charge on any atom is 0.156 e. The zero-order valence-electron chi connectivity index (χ0n) is 9.10. The van der Waals surface area contributed by atoms with Crippen molar-refractivity contribution in [3.63, 3.8) is 0 Å². The highest BCUT2D eigenvalue weighted by Gasteiger charge is 2.13. The molecular formula is C10H16N4S. The van der Waals surface area contributed by atoms with E-state index >= 15 is 0 Å². The molecule has 2 rings (SSSR count). The molecule has 82 valence electrons. The predicted octanol–water partition coefficient (Wildman–Crippen LogP) is 1.04. The highest BCUT2D eigenvalue weighted by atomic mass is 32.2. The number of hydrogen-bond donors (Lipinski definition) is 1. The van der Waals surface area contributed by atoms with Crippen LogP contribution in [0.1, 0.15) is 12.5 Å². The predicted molar refractivity (Wildman–Crippen MR) is 64.3 cm³/mol. The summed E-state index contributed by atoms with van der Waals surface area (Å²) in [7, 11) is 1.94. The average Bonchev–Trinajstić information content (AvgIpc) is 2.76. The van der Waals surface area contributed by atoms with E-state index in [0.717, 1.165) is 24.7 Å². The summed E-state index contributed by atoms with van der Waals surface area (Å²) in [5.41, 5.74) is 1.27. The summed E-state index contributed by atoms with van der Waals surface area (Å²) in [6, 6.07) is 0. The second kappa shape index (κ2) is 4.70. The lowest BCUT2D eigenvalue weighted by Crippen LogP contribution is -2.21. The molecule has 0 aliphatic carbocycles. The van der Waals surface area contributed by atoms with Crippen LogP contribution in [-0.4, -0.2) is 33.3 Å². The third kappa shape index (κ3) is 2.99. The van der Waals surface area contributed by atoms with Crippen molar-refractivity contribution in [3.05, 3.63) is 18.0 Å². The van der Waals surface area contributed by atoms with E-state index in [1.807, 2.05) is 35.9 Å². The molecule has 1 aliphatic rings. The lowest BCUT2D eigenvalue weighted by Gasteiger charge is -2.04. The van der Waals surface area contributed by atoms with Crippen LogP contribution in [0.15, 0.2) is 17.4 Å². The van der Waals surface area contributed by atoms with Gasteiger partial charge in [-0.1, -0.05) is 18.7 Å². The second-order valence-corrected chi connectivity index (χ2v) is 5.20. The first kappa shape index (κ1) is 10.5. The van der Waals surface area contributed by atoms with E-state index in [2.05, 4.69) is 22.3 Å². The minimum absolute atomic E-state index is 0.630. The fourth-order valence-corrected chi connectivity index (χ4v) is 2.35. The lowest BCUT2D eigenvalue weighted by atomic mass is 10.2. The molecule has 1 aliphatic heterocycles. The number of aromatic nitrogens is 2. The summed E-state index contributed by atoms with van der Waals surface area (Å²) in [6.45, 7) is 4.08. The molecule has 15 heavy (non-hydrogen) atoms. The number of rotatable bonds is 3. The zero-order chi connectivity index (χ0) is 10.7. The maximum absolute atomic E-state index is 4.40. The Morgan fingerprint density at radius 1 is 1.67 bits per heavy atom. The van der Waals surface area contributed by atoms with Crippen LogP contribution >= 0.6 is 11.8 Å². The largest absolute Gasteiger partial charge is 0.365 e. The topological polar surface area (TPSA) is 42.2 Å². The van der Waals surface area contributed by atoms with Gasteiger partial charge in [0.25, 0.3) is 0 Å². The average molecular weight is 224 g/mol. The van der Waals surface area contributed by atoms with E-state index in [1.54, 1.807) is 0 Å². The second-order valence-electron chi connectivity index (χ2n) is 3.77. The van der Waals surface area contributed by atoms with E-state index in [9.17, 15) is 0 Å². The molecule has 0 fully saturated rings. The first-order valence-electron chi connectivity index (χ1n) is 5.16. The Morgan fingerprint density at radius 2 is 2.53 bits per heavy atom. The first-order chi connectivity index (χ1) is 7.24. The van der Waals surface area contributed by atoms with Gasteiger partial charge in [-0.3, -0.25) is 9.67 Å². The molecule has 5 heteroatoms. The van der Waals surface area contributed by atoms with Gasteiger partial charge in [0.1, 0.15) is 0 Å². The van der Waals surface area contributed by atoms with Gasteiger partial charge in [0.15, 0.2) is 5.17 Å². The number of aliphatic imine (C=N–C) groups is 1. The summed E-state index contributed by atoms with van der Waals surface area (Å²) in [5, 5.41) is 9.20. The Labute approximate surface area is 94.2 Å². The van der Waals surface area contributed by atoms with E-state index in [1.165, 1.54) is 5.56 Å². The van der Waals surface area contributed by atoms with Crippen LogP contribution in [0.3, 0.4) is 0 Å². The monoisotopic (exact) mass is 224 g/mol. The van der Waals surface area contributed by atoms with Crippen molar-refractivity contribution in [2.75, 3.05) is 13.1 Å². The van der Waals surface area contributed by atoms with Crippen molar-refractivity contribution in [1.82, 2.24) is 15.1 Å². The minimum Gasteiger partial charge on any atom is -0.365 e. The molecule has 2 heterocycles. The quantitative estimate of drug-likeness (QED) is 0.834. The number of thioether (sulfide) groups is 1. The molecule has 0 saturated heterocycles. The van der Waals surface area contributed by atoms with Gasteiger partial charge < -0.3 is 5.32 Å². The van der Waals surface area contributed by atoms with Gasteiger partial charge >= 0.3 is 0 Å². The smallest absolute Gasteiger partial charge is 0.156 e. The maximum atomic E-state index is 4.40. The summed E-state index contributed by atoms with van der Waals surface area (Å²) in [4.78, 5) is 4.40. The van der Waals surface area contributed by atoms with E-state index in [4.69, 9.17) is 0 Å². The zero-order valence-corrected chi connectivity index (χ0v) is 9.92. The first-order valence-corrected chi connectivity index (χ1v) is 6.04. The third-order valence-corrected chi connectivity index (χ3v) is 3.30.